The Hall–Kier alpha value is -2.85. The van der Waals surface area contributed by atoms with Crippen LogP contribution in [-0.2, 0) is 18.8 Å². The number of nitrogens with zero attached hydrogens (tertiary/aromatic N) is 2. The van der Waals surface area contributed by atoms with Crippen molar-refractivity contribution in [2.45, 2.75) is 89.5 Å². The largest absolute Gasteiger partial charge is 0.494 e. The molecule has 38 heavy (non-hydrogen) atoms. The van der Waals surface area contributed by atoms with Gasteiger partial charge in [-0.05, 0) is 70.3 Å². The number of methoxy groups -OCH3 is 1. The number of carbonyl (C=O) groups is 2. The number of amides is 2. The number of aromatic amines is 1. The Kier molecular flexibility index (Phi) is 7.30. The van der Waals surface area contributed by atoms with Crippen LogP contribution in [0.15, 0.2) is 30.5 Å². The topological polar surface area (TPSA) is 106 Å². The minimum atomic E-state index is -0.567. The maximum absolute atomic E-state index is 13.7. The number of benzene rings is 1. The van der Waals surface area contributed by atoms with Crippen molar-refractivity contribution in [2.75, 3.05) is 13.7 Å². The van der Waals surface area contributed by atoms with Gasteiger partial charge in [0.1, 0.15) is 11.9 Å². The molecule has 204 valence electrons. The summed E-state index contributed by atoms with van der Waals surface area (Å²) >= 11 is 0. The number of likely N-dealkylation sites (tertiary alicyclic amines) is 1. The molecule has 2 N–H and O–H groups in total. The molecule has 2 aliphatic heterocycles. The molecule has 2 saturated heterocycles. The number of hydrogen-bond donors (Lipinski definition) is 2. The summed E-state index contributed by atoms with van der Waals surface area (Å²) in [5, 5.41) is 2.82. The molecule has 1 aromatic carbocycles. The van der Waals surface area contributed by atoms with Crippen LogP contribution in [0.4, 0.5) is 4.79 Å². The first-order chi connectivity index (χ1) is 18.1. The van der Waals surface area contributed by atoms with E-state index in [2.05, 4.69) is 15.3 Å². The van der Waals surface area contributed by atoms with Gasteiger partial charge in [-0.2, -0.15) is 0 Å². The summed E-state index contributed by atoms with van der Waals surface area (Å²) < 4.78 is 17.2. The SMILES string of the molecule is COC(=O)N[C@H](C(=O)N1CCC[C@H]1c1ncc(-c2ccc(B3OC(C)(C)C(C)(C)O3)cc2)[nH]1)C1CCCC1. The minimum Gasteiger partial charge on any atom is -0.453 e. The van der Waals surface area contributed by atoms with E-state index in [0.29, 0.717) is 6.54 Å². The maximum Gasteiger partial charge on any atom is 0.494 e. The Morgan fingerprint density at radius 1 is 1.08 bits per heavy atom. The second-order valence-corrected chi connectivity index (χ2v) is 11.7. The van der Waals surface area contributed by atoms with Crippen LogP contribution >= 0.6 is 0 Å². The van der Waals surface area contributed by atoms with E-state index in [-0.39, 0.29) is 29.1 Å². The summed E-state index contributed by atoms with van der Waals surface area (Å²) in [4.78, 5) is 35.7. The molecule has 9 nitrogen and oxygen atoms in total. The average Bonchev–Trinajstić information content (AvgIpc) is 3.69. The van der Waals surface area contributed by atoms with Gasteiger partial charge >= 0.3 is 13.2 Å². The average molecular weight is 522 g/mol. The Morgan fingerprint density at radius 3 is 2.37 bits per heavy atom. The van der Waals surface area contributed by atoms with Crippen LogP contribution in [0.3, 0.4) is 0 Å². The van der Waals surface area contributed by atoms with Crippen LogP contribution in [0.2, 0.25) is 0 Å². The molecule has 3 aliphatic rings. The molecule has 1 saturated carbocycles. The van der Waals surface area contributed by atoms with E-state index in [0.717, 1.165) is 61.1 Å². The monoisotopic (exact) mass is 522 g/mol. The third-order valence-corrected chi connectivity index (χ3v) is 8.79. The smallest absolute Gasteiger partial charge is 0.453 e. The standard InChI is InChI=1S/C28H39BN4O5/c1-27(2)28(3,4)38-29(37-27)20-14-12-18(13-15-20)21-17-30-24(31-21)22-11-8-16-33(22)25(34)23(32-26(35)36-5)19-9-6-7-10-19/h12-15,17,19,22-23H,6-11,16H2,1-5H3,(H,30,31)(H,32,35)/t22-,23-/m0/s1. The van der Waals surface area contributed by atoms with Crippen molar-refractivity contribution in [2.24, 2.45) is 5.92 Å². The highest BCUT2D eigenvalue weighted by Crippen LogP contribution is 2.37. The lowest BCUT2D eigenvalue weighted by Crippen LogP contribution is -2.51. The molecule has 2 amide bonds. The lowest BCUT2D eigenvalue weighted by Gasteiger charge is -2.32. The first-order valence-electron chi connectivity index (χ1n) is 13.8. The van der Waals surface area contributed by atoms with Crippen LogP contribution in [-0.4, -0.2) is 64.9 Å². The van der Waals surface area contributed by atoms with Crippen molar-refractivity contribution in [3.8, 4) is 11.3 Å². The Labute approximate surface area is 225 Å². The van der Waals surface area contributed by atoms with Gasteiger partial charge in [-0.1, -0.05) is 37.1 Å². The molecule has 1 aromatic heterocycles. The molecule has 0 radical (unpaired) electrons. The summed E-state index contributed by atoms with van der Waals surface area (Å²) in [6.45, 7) is 8.84. The van der Waals surface area contributed by atoms with Crippen LogP contribution in [0.25, 0.3) is 11.3 Å². The Balaban J connectivity index is 1.30. The fourth-order valence-corrected chi connectivity index (χ4v) is 5.80. The van der Waals surface area contributed by atoms with Gasteiger partial charge in [-0.3, -0.25) is 4.79 Å². The summed E-state index contributed by atoms with van der Waals surface area (Å²) in [5.41, 5.74) is 2.08. The van der Waals surface area contributed by atoms with Crippen LogP contribution in [0.1, 0.15) is 78.1 Å². The molecule has 2 atom stereocenters. The third kappa shape index (κ3) is 5.08. The molecule has 1 aliphatic carbocycles. The van der Waals surface area contributed by atoms with Gasteiger partial charge < -0.3 is 29.2 Å². The van der Waals surface area contributed by atoms with Gasteiger partial charge in [0.25, 0.3) is 0 Å². The van der Waals surface area contributed by atoms with Gasteiger partial charge in [0.2, 0.25) is 5.91 Å². The zero-order valence-corrected chi connectivity index (χ0v) is 23.1. The molecule has 3 heterocycles. The first-order valence-corrected chi connectivity index (χ1v) is 13.8. The van der Waals surface area contributed by atoms with E-state index in [9.17, 15) is 9.59 Å². The van der Waals surface area contributed by atoms with Crippen LogP contribution in [0, 0.1) is 5.92 Å². The first kappa shape index (κ1) is 26.7. The highest BCUT2D eigenvalue weighted by atomic mass is 16.7. The van der Waals surface area contributed by atoms with Gasteiger partial charge in [0.15, 0.2) is 0 Å². The predicted molar refractivity (Wildman–Crippen MR) is 145 cm³/mol. The molecule has 0 unspecified atom stereocenters. The quantitative estimate of drug-likeness (QED) is 0.557. The van der Waals surface area contributed by atoms with Crippen molar-refractivity contribution in [1.82, 2.24) is 20.2 Å². The zero-order valence-electron chi connectivity index (χ0n) is 23.1. The Bertz CT molecular complexity index is 1140. The molecule has 2 aromatic rings. The number of aromatic nitrogens is 2. The number of nitrogens with one attached hydrogen (secondary N) is 2. The van der Waals surface area contributed by atoms with Crippen molar-refractivity contribution in [3.63, 3.8) is 0 Å². The van der Waals surface area contributed by atoms with Crippen LogP contribution in [0.5, 0.6) is 0 Å². The van der Waals surface area contributed by atoms with Gasteiger partial charge in [0.05, 0.1) is 36.2 Å². The molecule has 0 bridgehead atoms. The van der Waals surface area contributed by atoms with Crippen molar-refractivity contribution in [1.29, 1.82) is 0 Å². The number of alkyl carbamates (subject to hydrolysis) is 1. The van der Waals surface area contributed by atoms with Crippen LogP contribution < -0.4 is 10.8 Å². The second kappa shape index (κ2) is 10.4. The van der Waals surface area contributed by atoms with Crippen molar-refractivity contribution >= 4 is 24.6 Å². The molecular weight excluding hydrogens is 483 g/mol. The summed E-state index contributed by atoms with van der Waals surface area (Å²) in [6, 6.07) is 7.39. The number of imidazole rings is 1. The van der Waals surface area contributed by atoms with E-state index in [1.165, 1.54) is 7.11 Å². The molecule has 3 fully saturated rings. The number of ether oxygens (including phenoxy) is 1. The van der Waals surface area contributed by atoms with Crippen molar-refractivity contribution < 1.29 is 23.6 Å². The number of carbonyl (C=O) groups excluding carboxylic acids is 2. The molecule has 0 spiro atoms. The second-order valence-electron chi connectivity index (χ2n) is 11.7. The number of rotatable bonds is 6. The predicted octanol–water partition coefficient (Wildman–Crippen LogP) is 3.95. The third-order valence-electron chi connectivity index (χ3n) is 8.79. The lowest BCUT2D eigenvalue weighted by molar-refractivity contribution is -0.135. The molecule has 10 heteroatoms. The van der Waals surface area contributed by atoms with Gasteiger partial charge in [-0.15, -0.1) is 0 Å². The summed E-state index contributed by atoms with van der Waals surface area (Å²) in [5.74, 6) is 0.858. The van der Waals surface area contributed by atoms with Gasteiger partial charge in [0, 0.05) is 6.54 Å². The maximum atomic E-state index is 13.7. The highest BCUT2D eigenvalue weighted by molar-refractivity contribution is 6.62. The summed E-state index contributed by atoms with van der Waals surface area (Å²) in [6.07, 6.45) is 7.01. The normalized spacial score (nSPS) is 23.6. The fourth-order valence-electron chi connectivity index (χ4n) is 5.80. The van der Waals surface area contributed by atoms with E-state index >= 15 is 0 Å². The van der Waals surface area contributed by atoms with E-state index < -0.39 is 19.3 Å². The van der Waals surface area contributed by atoms with E-state index in [1.807, 2.05) is 63.1 Å². The lowest BCUT2D eigenvalue weighted by atomic mass is 9.79. The minimum absolute atomic E-state index is 0.0467. The number of H-pyrrole nitrogens is 1. The van der Waals surface area contributed by atoms with Gasteiger partial charge in [-0.25, -0.2) is 9.78 Å². The van der Waals surface area contributed by atoms with E-state index in [1.54, 1.807) is 0 Å². The Morgan fingerprint density at radius 2 is 1.74 bits per heavy atom. The fraction of sp³-hybridized carbons (Fsp3) is 0.607. The number of hydrogen-bond acceptors (Lipinski definition) is 6. The van der Waals surface area contributed by atoms with E-state index in [4.69, 9.17) is 14.0 Å². The zero-order chi connectivity index (χ0) is 27.1. The highest BCUT2D eigenvalue weighted by Gasteiger charge is 2.51. The molecule has 5 rings (SSSR count). The summed E-state index contributed by atoms with van der Waals surface area (Å²) in [7, 11) is 0.923. The van der Waals surface area contributed by atoms with Crippen molar-refractivity contribution in [3.05, 3.63) is 36.3 Å². The molecular formula is C28H39BN4O5.